The molecule has 0 aliphatic carbocycles. The summed E-state index contributed by atoms with van der Waals surface area (Å²) in [6.45, 7) is 1.98. The van der Waals surface area contributed by atoms with Crippen molar-refractivity contribution in [2.75, 3.05) is 25.1 Å². The second-order valence-corrected chi connectivity index (χ2v) is 7.81. The standard InChI is InChI=1S/C27H24N2O6/c1-2-34-23-11-7-6-10-22(23)28-24(30)17-35-27(33)19-12-13-20-21(16-19)26(32)29(25(20)31)15-14-18-8-4-3-5-9-18/h3-13,16H,2,14-15,17H2,1H3,(H,28,30). The Morgan fingerprint density at radius 2 is 1.60 bits per heavy atom. The van der Waals surface area contributed by atoms with E-state index in [1.807, 2.05) is 37.3 Å². The summed E-state index contributed by atoms with van der Waals surface area (Å²) in [5.74, 6) is -1.66. The third-order valence-corrected chi connectivity index (χ3v) is 5.47. The number of para-hydroxylation sites is 2. The molecule has 0 fully saturated rings. The minimum absolute atomic E-state index is 0.0809. The van der Waals surface area contributed by atoms with Crippen LogP contribution >= 0.6 is 0 Å². The molecule has 0 aromatic heterocycles. The topological polar surface area (TPSA) is 102 Å². The molecule has 35 heavy (non-hydrogen) atoms. The van der Waals surface area contributed by atoms with Crippen molar-refractivity contribution in [3.8, 4) is 5.75 Å². The molecular weight excluding hydrogens is 448 g/mol. The molecule has 0 radical (unpaired) electrons. The average Bonchev–Trinajstić information content (AvgIpc) is 3.12. The van der Waals surface area contributed by atoms with Crippen molar-refractivity contribution in [2.45, 2.75) is 13.3 Å². The van der Waals surface area contributed by atoms with Crippen molar-refractivity contribution in [3.05, 3.63) is 95.1 Å². The molecule has 1 aliphatic rings. The summed E-state index contributed by atoms with van der Waals surface area (Å²) in [5.41, 5.74) is 1.94. The van der Waals surface area contributed by atoms with Crippen molar-refractivity contribution >= 4 is 29.4 Å². The molecular formula is C27H24N2O6. The van der Waals surface area contributed by atoms with Crippen LogP contribution in [0.25, 0.3) is 0 Å². The summed E-state index contributed by atoms with van der Waals surface area (Å²) < 4.78 is 10.6. The molecule has 0 bridgehead atoms. The normalized spacial score (nSPS) is 12.3. The van der Waals surface area contributed by atoms with Gasteiger partial charge in [0.05, 0.1) is 29.0 Å². The van der Waals surface area contributed by atoms with E-state index in [4.69, 9.17) is 9.47 Å². The minimum atomic E-state index is -0.774. The van der Waals surface area contributed by atoms with E-state index in [1.165, 1.54) is 23.1 Å². The number of nitrogens with zero attached hydrogens (tertiary/aromatic N) is 1. The van der Waals surface area contributed by atoms with Gasteiger partial charge in [0, 0.05) is 6.54 Å². The van der Waals surface area contributed by atoms with Crippen molar-refractivity contribution in [1.29, 1.82) is 0 Å². The number of anilines is 1. The monoisotopic (exact) mass is 472 g/mol. The lowest BCUT2D eigenvalue weighted by atomic mass is 10.1. The summed E-state index contributed by atoms with van der Waals surface area (Å²) in [5, 5.41) is 2.64. The number of ether oxygens (including phenoxy) is 2. The van der Waals surface area contributed by atoms with E-state index in [0.717, 1.165) is 5.56 Å². The van der Waals surface area contributed by atoms with Crippen molar-refractivity contribution in [1.82, 2.24) is 4.90 Å². The number of benzene rings is 3. The molecule has 178 valence electrons. The lowest BCUT2D eigenvalue weighted by molar-refractivity contribution is -0.119. The number of nitrogens with one attached hydrogen (secondary N) is 1. The highest BCUT2D eigenvalue weighted by molar-refractivity contribution is 6.22. The molecule has 0 saturated carbocycles. The van der Waals surface area contributed by atoms with Crippen molar-refractivity contribution < 1.29 is 28.7 Å². The van der Waals surface area contributed by atoms with Crippen LogP contribution in [-0.4, -0.2) is 48.3 Å². The van der Waals surface area contributed by atoms with Crippen LogP contribution in [0.5, 0.6) is 5.75 Å². The van der Waals surface area contributed by atoms with Gasteiger partial charge in [0.2, 0.25) is 0 Å². The number of rotatable bonds is 9. The lowest BCUT2D eigenvalue weighted by Crippen LogP contribution is -2.31. The Labute approximate surface area is 202 Å². The first kappa shape index (κ1) is 23.7. The molecule has 8 heteroatoms. The third-order valence-electron chi connectivity index (χ3n) is 5.47. The minimum Gasteiger partial charge on any atom is -0.492 e. The fraction of sp³-hybridized carbons (Fsp3) is 0.185. The van der Waals surface area contributed by atoms with Crippen LogP contribution in [-0.2, 0) is 16.0 Å². The lowest BCUT2D eigenvalue weighted by Gasteiger charge is -2.13. The van der Waals surface area contributed by atoms with Crippen LogP contribution in [0.4, 0.5) is 5.69 Å². The highest BCUT2D eigenvalue weighted by Crippen LogP contribution is 2.25. The third kappa shape index (κ3) is 5.38. The first-order valence-corrected chi connectivity index (χ1v) is 11.2. The van der Waals surface area contributed by atoms with E-state index in [2.05, 4.69) is 5.32 Å². The number of fused-ring (bicyclic) bond motifs is 1. The molecule has 1 N–H and O–H groups in total. The summed E-state index contributed by atoms with van der Waals surface area (Å²) in [6, 6.07) is 20.7. The molecule has 0 saturated heterocycles. The van der Waals surface area contributed by atoms with Crippen LogP contribution in [0.1, 0.15) is 43.6 Å². The highest BCUT2D eigenvalue weighted by Gasteiger charge is 2.35. The van der Waals surface area contributed by atoms with Crippen LogP contribution in [0.3, 0.4) is 0 Å². The number of esters is 1. The maximum atomic E-state index is 12.8. The van der Waals surface area contributed by atoms with Gasteiger partial charge >= 0.3 is 5.97 Å². The smallest absolute Gasteiger partial charge is 0.338 e. The van der Waals surface area contributed by atoms with Crippen molar-refractivity contribution in [3.63, 3.8) is 0 Å². The zero-order chi connectivity index (χ0) is 24.8. The molecule has 3 aromatic carbocycles. The van der Waals surface area contributed by atoms with E-state index in [0.29, 0.717) is 24.5 Å². The number of carbonyl (C=O) groups is 4. The van der Waals surface area contributed by atoms with Gasteiger partial charge in [0.1, 0.15) is 5.75 Å². The van der Waals surface area contributed by atoms with E-state index in [1.54, 1.807) is 24.3 Å². The quantitative estimate of drug-likeness (QED) is 0.376. The summed E-state index contributed by atoms with van der Waals surface area (Å²) in [4.78, 5) is 51.5. The van der Waals surface area contributed by atoms with Gasteiger partial charge in [-0.25, -0.2) is 4.79 Å². The zero-order valence-electron chi connectivity index (χ0n) is 19.2. The average molecular weight is 472 g/mol. The highest BCUT2D eigenvalue weighted by atomic mass is 16.5. The molecule has 0 unspecified atom stereocenters. The van der Waals surface area contributed by atoms with E-state index < -0.39 is 30.3 Å². The maximum absolute atomic E-state index is 12.8. The SMILES string of the molecule is CCOc1ccccc1NC(=O)COC(=O)c1ccc2c(c1)C(=O)N(CCc1ccccc1)C2=O. The second kappa shape index (κ2) is 10.6. The van der Waals surface area contributed by atoms with Gasteiger partial charge in [-0.2, -0.15) is 0 Å². The fourth-order valence-corrected chi connectivity index (χ4v) is 3.76. The van der Waals surface area contributed by atoms with Gasteiger partial charge in [-0.1, -0.05) is 42.5 Å². The number of hydrogen-bond acceptors (Lipinski definition) is 6. The summed E-state index contributed by atoms with van der Waals surface area (Å²) in [7, 11) is 0. The van der Waals surface area contributed by atoms with Crippen LogP contribution < -0.4 is 10.1 Å². The first-order valence-electron chi connectivity index (χ1n) is 11.2. The number of carbonyl (C=O) groups excluding carboxylic acids is 4. The number of amides is 3. The van der Waals surface area contributed by atoms with Gasteiger partial charge < -0.3 is 14.8 Å². The van der Waals surface area contributed by atoms with Crippen molar-refractivity contribution in [2.24, 2.45) is 0 Å². The Morgan fingerprint density at radius 1 is 0.886 bits per heavy atom. The largest absolute Gasteiger partial charge is 0.492 e. The van der Waals surface area contributed by atoms with Gasteiger partial charge in [0.25, 0.3) is 17.7 Å². The molecule has 0 atom stereocenters. The molecule has 8 nitrogen and oxygen atoms in total. The van der Waals surface area contributed by atoms with Crippen LogP contribution in [0, 0.1) is 0 Å². The predicted octanol–water partition coefficient (Wildman–Crippen LogP) is 3.72. The molecule has 0 spiro atoms. The van der Waals surface area contributed by atoms with Crippen LogP contribution in [0.2, 0.25) is 0 Å². The number of hydrogen-bond donors (Lipinski definition) is 1. The Kier molecular flexibility index (Phi) is 7.21. The molecule has 1 aliphatic heterocycles. The first-order chi connectivity index (χ1) is 17.0. The Morgan fingerprint density at radius 3 is 2.37 bits per heavy atom. The Hall–Kier alpha value is -4.46. The molecule has 1 heterocycles. The maximum Gasteiger partial charge on any atom is 0.338 e. The van der Waals surface area contributed by atoms with Gasteiger partial charge in [-0.3, -0.25) is 19.3 Å². The molecule has 3 aromatic rings. The fourth-order valence-electron chi connectivity index (χ4n) is 3.76. The van der Waals surface area contributed by atoms with Gasteiger partial charge in [-0.05, 0) is 49.2 Å². The van der Waals surface area contributed by atoms with E-state index >= 15 is 0 Å². The van der Waals surface area contributed by atoms with E-state index in [9.17, 15) is 19.2 Å². The summed E-state index contributed by atoms with van der Waals surface area (Å²) >= 11 is 0. The van der Waals surface area contributed by atoms with Gasteiger partial charge in [-0.15, -0.1) is 0 Å². The summed E-state index contributed by atoms with van der Waals surface area (Å²) in [6.07, 6.45) is 0.530. The Bertz CT molecular complexity index is 1270. The predicted molar refractivity (Wildman–Crippen MR) is 128 cm³/mol. The van der Waals surface area contributed by atoms with Gasteiger partial charge in [0.15, 0.2) is 6.61 Å². The zero-order valence-corrected chi connectivity index (χ0v) is 19.2. The number of imide groups is 1. The molecule has 4 rings (SSSR count). The van der Waals surface area contributed by atoms with Crippen LogP contribution in [0.15, 0.2) is 72.8 Å². The van der Waals surface area contributed by atoms with E-state index in [-0.39, 0.29) is 23.2 Å². The second-order valence-electron chi connectivity index (χ2n) is 7.81. The molecule has 3 amide bonds. The Balaban J connectivity index is 1.37.